The van der Waals surface area contributed by atoms with E-state index in [1.807, 2.05) is 18.2 Å². The van der Waals surface area contributed by atoms with Crippen molar-refractivity contribution < 1.29 is 9.63 Å². The van der Waals surface area contributed by atoms with Crippen molar-refractivity contribution in [1.29, 1.82) is 0 Å². The quantitative estimate of drug-likeness (QED) is 0.460. The van der Waals surface area contributed by atoms with Gasteiger partial charge in [-0.1, -0.05) is 53.1 Å². The fourth-order valence-electron chi connectivity index (χ4n) is 3.90. The van der Waals surface area contributed by atoms with Gasteiger partial charge in [-0.15, -0.1) is 0 Å². The summed E-state index contributed by atoms with van der Waals surface area (Å²) >= 11 is 3.67. The lowest BCUT2D eigenvalue weighted by molar-refractivity contribution is 0.0508. The molecule has 0 saturated heterocycles. The number of carbonyl (C=O) groups is 1. The third kappa shape index (κ3) is 2.15. The second-order valence-electron chi connectivity index (χ2n) is 6.61. The molecule has 2 aliphatic carbocycles. The van der Waals surface area contributed by atoms with Gasteiger partial charge in [0, 0.05) is 10.7 Å². The van der Waals surface area contributed by atoms with Crippen LogP contribution in [-0.2, 0) is 4.84 Å². The summed E-state index contributed by atoms with van der Waals surface area (Å²) in [6.45, 7) is 4.58. The number of halogens is 1. The average molecular weight is 350 g/mol. The molecule has 1 aromatic rings. The summed E-state index contributed by atoms with van der Waals surface area (Å²) in [6.07, 6.45) is 3.31. The smallest absolute Gasteiger partial charge is 0.313 e. The summed E-state index contributed by atoms with van der Waals surface area (Å²) in [4.78, 5) is 17.2. The predicted molar refractivity (Wildman–Crippen MR) is 86.6 cm³/mol. The molecular formula is C17H20BrNO2. The highest BCUT2D eigenvalue weighted by molar-refractivity contribution is 9.09. The maximum absolute atomic E-state index is 12.0. The fraction of sp³-hybridized carbons (Fsp3) is 0.529. The van der Waals surface area contributed by atoms with Crippen molar-refractivity contribution in [2.75, 3.05) is 5.33 Å². The van der Waals surface area contributed by atoms with E-state index in [4.69, 9.17) is 4.84 Å². The van der Waals surface area contributed by atoms with Crippen molar-refractivity contribution in [2.24, 2.45) is 21.9 Å². The standard InChI is InChI=1S/C17H20BrNO2/c1-16-9-8-13(17(16,2)11-18)10-14(16)19-21-15(20)12-6-4-3-5-7-12/h3-7,13H,8-11H2,1-2H3/b19-14+. The van der Waals surface area contributed by atoms with Gasteiger partial charge < -0.3 is 4.84 Å². The molecule has 3 rings (SSSR count). The molecule has 3 atom stereocenters. The Morgan fingerprint density at radius 3 is 2.71 bits per heavy atom. The molecule has 0 N–H and O–H groups in total. The molecule has 0 spiro atoms. The molecule has 3 nitrogen and oxygen atoms in total. The third-order valence-corrected chi connectivity index (χ3v) is 6.92. The van der Waals surface area contributed by atoms with E-state index in [1.54, 1.807) is 12.1 Å². The molecule has 1 aromatic carbocycles. The van der Waals surface area contributed by atoms with E-state index in [2.05, 4.69) is 34.9 Å². The Kier molecular flexibility index (Phi) is 3.68. The maximum atomic E-state index is 12.0. The van der Waals surface area contributed by atoms with Crippen LogP contribution in [0, 0.1) is 16.7 Å². The fourth-order valence-corrected chi connectivity index (χ4v) is 4.97. The Balaban J connectivity index is 1.78. The summed E-state index contributed by atoms with van der Waals surface area (Å²) < 4.78 is 0. The van der Waals surface area contributed by atoms with E-state index in [0.29, 0.717) is 11.5 Å². The van der Waals surface area contributed by atoms with Crippen molar-refractivity contribution >= 4 is 27.6 Å². The highest BCUT2D eigenvalue weighted by Crippen LogP contribution is 2.64. The van der Waals surface area contributed by atoms with Gasteiger partial charge in [-0.05, 0) is 42.7 Å². The zero-order valence-electron chi connectivity index (χ0n) is 12.4. The van der Waals surface area contributed by atoms with Gasteiger partial charge in [0.2, 0.25) is 0 Å². The number of carbonyl (C=O) groups excluding carboxylic acids is 1. The number of hydrogen-bond donors (Lipinski definition) is 0. The van der Waals surface area contributed by atoms with Gasteiger partial charge in [-0.25, -0.2) is 4.79 Å². The number of hydrogen-bond acceptors (Lipinski definition) is 3. The topological polar surface area (TPSA) is 38.7 Å². The maximum Gasteiger partial charge on any atom is 0.365 e. The average Bonchev–Trinajstić information content (AvgIpc) is 2.89. The van der Waals surface area contributed by atoms with Crippen LogP contribution in [0.3, 0.4) is 0 Å². The second-order valence-corrected chi connectivity index (χ2v) is 7.17. The first-order valence-electron chi connectivity index (χ1n) is 7.41. The van der Waals surface area contributed by atoms with Crippen LogP contribution in [-0.4, -0.2) is 17.0 Å². The largest absolute Gasteiger partial charge is 0.365 e. The Labute approximate surface area is 133 Å². The summed E-state index contributed by atoms with van der Waals surface area (Å²) in [5.74, 6) is 0.256. The molecule has 0 radical (unpaired) electrons. The summed E-state index contributed by atoms with van der Waals surface area (Å²) in [7, 11) is 0. The van der Waals surface area contributed by atoms with E-state index in [0.717, 1.165) is 23.9 Å². The first-order valence-corrected chi connectivity index (χ1v) is 8.53. The number of fused-ring (bicyclic) bond motifs is 2. The Bertz CT molecular complexity index is 586. The van der Waals surface area contributed by atoms with Crippen LogP contribution in [0.5, 0.6) is 0 Å². The molecule has 2 bridgehead atoms. The summed E-state index contributed by atoms with van der Waals surface area (Å²) in [6, 6.07) is 9.01. The lowest BCUT2D eigenvalue weighted by Gasteiger charge is -2.36. The van der Waals surface area contributed by atoms with Crippen LogP contribution in [0.1, 0.15) is 43.5 Å². The third-order valence-electron chi connectivity index (χ3n) is 5.76. The summed E-state index contributed by atoms with van der Waals surface area (Å²) in [5.41, 5.74) is 1.84. The molecule has 2 fully saturated rings. The molecule has 2 aliphatic rings. The van der Waals surface area contributed by atoms with Gasteiger partial charge >= 0.3 is 5.97 Å². The van der Waals surface area contributed by atoms with Crippen LogP contribution in [0.4, 0.5) is 0 Å². The zero-order chi connectivity index (χ0) is 15.1. The number of benzene rings is 1. The first-order chi connectivity index (χ1) is 10.0. The molecule has 0 aromatic heterocycles. The van der Waals surface area contributed by atoms with Gasteiger partial charge in [0.1, 0.15) is 0 Å². The lowest BCUT2D eigenvalue weighted by atomic mass is 9.70. The van der Waals surface area contributed by atoms with E-state index in [9.17, 15) is 4.79 Å². The first kappa shape index (κ1) is 14.8. The van der Waals surface area contributed by atoms with Gasteiger partial charge in [-0.2, -0.15) is 0 Å². The molecule has 0 amide bonds. The van der Waals surface area contributed by atoms with Gasteiger partial charge in [0.05, 0.1) is 11.3 Å². The molecule has 3 unspecified atom stereocenters. The second kappa shape index (κ2) is 5.24. The van der Waals surface area contributed by atoms with Crippen molar-refractivity contribution in [1.82, 2.24) is 0 Å². The molecule has 21 heavy (non-hydrogen) atoms. The monoisotopic (exact) mass is 349 g/mol. The predicted octanol–water partition coefficient (Wildman–Crippen LogP) is 4.42. The number of oxime groups is 1. The molecule has 0 heterocycles. The summed E-state index contributed by atoms with van der Waals surface area (Å²) in [5, 5.41) is 5.21. The normalized spacial score (nSPS) is 36.1. The number of alkyl halides is 1. The van der Waals surface area contributed by atoms with E-state index in [-0.39, 0.29) is 16.8 Å². The Morgan fingerprint density at radius 1 is 1.38 bits per heavy atom. The van der Waals surface area contributed by atoms with Crippen molar-refractivity contribution in [3.63, 3.8) is 0 Å². The molecule has 4 heteroatoms. The number of rotatable bonds is 3. The van der Waals surface area contributed by atoms with Crippen molar-refractivity contribution in [3.8, 4) is 0 Å². The van der Waals surface area contributed by atoms with Crippen LogP contribution >= 0.6 is 15.9 Å². The molecule has 112 valence electrons. The van der Waals surface area contributed by atoms with E-state index >= 15 is 0 Å². The minimum absolute atomic E-state index is 0.0398. The molecular weight excluding hydrogens is 330 g/mol. The van der Waals surface area contributed by atoms with Crippen molar-refractivity contribution in [3.05, 3.63) is 35.9 Å². The molecule has 0 aliphatic heterocycles. The van der Waals surface area contributed by atoms with E-state index < -0.39 is 0 Å². The van der Waals surface area contributed by atoms with Crippen LogP contribution in [0.2, 0.25) is 0 Å². The minimum atomic E-state index is -0.380. The Morgan fingerprint density at radius 2 is 2.10 bits per heavy atom. The van der Waals surface area contributed by atoms with Gasteiger partial charge in [0.15, 0.2) is 0 Å². The van der Waals surface area contributed by atoms with Crippen molar-refractivity contribution in [2.45, 2.75) is 33.1 Å². The number of nitrogens with zero attached hydrogens (tertiary/aromatic N) is 1. The Hall–Kier alpha value is -1.16. The highest BCUT2D eigenvalue weighted by atomic mass is 79.9. The van der Waals surface area contributed by atoms with Crippen LogP contribution in [0.15, 0.2) is 35.5 Å². The van der Waals surface area contributed by atoms with Gasteiger partial charge in [-0.3, -0.25) is 0 Å². The van der Waals surface area contributed by atoms with Gasteiger partial charge in [0.25, 0.3) is 0 Å². The van der Waals surface area contributed by atoms with E-state index in [1.165, 1.54) is 6.42 Å². The minimum Gasteiger partial charge on any atom is -0.313 e. The molecule has 2 saturated carbocycles. The SMILES string of the molecule is CC12CCC(C/C1=N\OC(=O)c1ccccc1)C2(C)CBr. The lowest BCUT2D eigenvalue weighted by Crippen LogP contribution is -2.36. The van der Waals surface area contributed by atoms with Crippen LogP contribution < -0.4 is 0 Å². The van der Waals surface area contributed by atoms with Crippen LogP contribution in [0.25, 0.3) is 0 Å². The highest BCUT2D eigenvalue weighted by Gasteiger charge is 2.62. The zero-order valence-corrected chi connectivity index (χ0v) is 14.0.